The Balaban J connectivity index is 0.878. The number of fused-ring (bicyclic) bond motifs is 1. The van der Waals surface area contributed by atoms with Crippen molar-refractivity contribution in [3.05, 3.63) is 98.0 Å². The van der Waals surface area contributed by atoms with Gasteiger partial charge in [0, 0.05) is 111 Å². The topological polar surface area (TPSA) is 154 Å². The molecule has 3 saturated heterocycles. The molecule has 0 spiro atoms. The zero-order chi connectivity index (χ0) is 46.2. The van der Waals surface area contributed by atoms with Crippen LogP contribution < -0.4 is 36.5 Å². The van der Waals surface area contributed by atoms with Gasteiger partial charge in [-0.2, -0.15) is 4.98 Å². The van der Waals surface area contributed by atoms with E-state index in [9.17, 15) is 18.9 Å². The van der Waals surface area contributed by atoms with E-state index < -0.39 is 36.5 Å². The third-order valence-corrected chi connectivity index (χ3v) is 15.1. The summed E-state index contributed by atoms with van der Waals surface area (Å²) in [5, 5.41) is 10.6. The number of nitrogens with one attached hydrogen (secondary N) is 3. The molecule has 2 aromatic heterocycles. The number of hydrogen-bond donors (Lipinski definition) is 3. The Morgan fingerprint density at radius 2 is 1.65 bits per heavy atom. The fourth-order valence-corrected chi connectivity index (χ4v) is 11.3. The molecule has 3 fully saturated rings. The van der Waals surface area contributed by atoms with Crippen molar-refractivity contribution in [3.8, 4) is 5.75 Å². The minimum atomic E-state index is -2.87. The van der Waals surface area contributed by atoms with E-state index in [-0.39, 0.29) is 24.0 Å². The van der Waals surface area contributed by atoms with Gasteiger partial charge in [-0.1, -0.05) is 6.92 Å². The molecular formula is C47H55BrF2N9O5P. The van der Waals surface area contributed by atoms with Gasteiger partial charge < -0.3 is 34.3 Å². The van der Waals surface area contributed by atoms with E-state index >= 15 is 8.78 Å². The number of rotatable bonds is 13. The number of methoxy groups -OCH3 is 1. The van der Waals surface area contributed by atoms with Gasteiger partial charge in [-0.3, -0.25) is 24.6 Å². The quantitative estimate of drug-likeness (QED) is 0.0821. The normalized spacial score (nSPS) is 18.0. The van der Waals surface area contributed by atoms with Gasteiger partial charge in [-0.05, 0) is 109 Å². The lowest BCUT2D eigenvalue weighted by atomic mass is 9.89. The highest BCUT2D eigenvalue weighted by Crippen LogP contribution is 2.42. The molecule has 0 bridgehead atoms. The second kappa shape index (κ2) is 19.3. The Bertz CT molecular complexity index is 2730. The summed E-state index contributed by atoms with van der Waals surface area (Å²) in [7, 11) is 0.476. The Hall–Kier alpha value is -5.22. The molecule has 5 aromatic rings. The van der Waals surface area contributed by atoms with Crippen LogP contribution in [0.4, 0.5) is 37.6 Å². The number of aryl methyl sites for hydroxylation is 2. The van der Waals surface area contributed by atoms with E-state index in [2.05, 4.69) is 70.6 Å². The van der Waals surface area contributed by atoms with Crippen LogP contribution in [0.1, 0.15) is 55.2 Å². The van der Waals surface area contributed by atoms with Crippen molar-refractivity contribution in [1.29, 1.82) is 0 Å². The largest absolute Gasteiger partial charge is 0.494 e. The van der Waals surface area contributed by atoms with Crippen molar-refractivity contribution in [2.24, 2.45) is 7.05 Å². The fourth-order valence-electron chi connectivity index (χ4n) is 9.50. The first-order valence-electron chi connectivity index (χ1n) is 22.1. The molecule has 65 heavy (non-hydrogen) atoms. The molecule has 3 N–H and O–H groups in total. The first kappa shape index (κ1) is 46.3. The minimum absolute atomic E-state index is 0.0601. The van der Waals surface area contributed by atoms with Gasteiger partial charge in [0.05, 0.1) is 28.9 Å². The van der Waals surface area contributed by atoms with Gasteiger partial charge in [0.2, 0.25) is 17.8 Å². The smallest absolute Gasteiger partial charge is 0.258 e. The van der Waals surface area contributed by atoms with Gasteiger partial charge in [0.25, 0.3) is 5.56 Å². The molecule has 0 radical (unpaired) electrons. The highest BCUT2D eigenvalue weighted by atomic mass is 79.9. The number of nitrogens with zero attached hydrogens (tertiary/aromatic N) is 6. The third-order valence-electron chi connectivity index (χ3n) is 13.0. The average molecular weight is 975 g/mol. The average Bonchev–Trinajstić information content (AvgIpc) is 3.28. The molecule has 1 unspecified atom stereocenters. The summed E-state index contributed by atoms with van der Waals surface area (Å²) in [4.78, 5) is 53.4. The number of carbonyl (C=O) groups is 2. The number of anilines is 5. The van der Waals surface area contributed by atoms with Crippen LogP contribution in [0.3, 0.4) is 0 Å². The molecule has 3 aliphatic rings. The van der Waals surface area contributed by atoms with Crippen LogP contribution in [0.5, 0.6) is 5.75 Å². The van der Waals surface area contributed by atoms with E-state index in [1.54, 1.807) is 52.0 Å². The summed E-state index contributed by atoms with van der Waals surface area (Å²) in [5.41, 5.74) is 3.75. The first-order valence-corrected chi connectivity index (χ1v) is 25.5. The number of pyridine rings is 1. The van der Waals surface area contributed by atoms with Gasteiger partial charge in [0.15, 0.2) is 0 Å². The molecule has 3 aliphatic heterocycles. The van der Waals surface area contributed by atoms with Crippen LogP contribution in [0.2, 0.25) is 0 Å². The van der Waals surface area contributed by atoms with Crippen molar-refractivity contribution >= 4 is 79.8 Å². The number of hydrogen-bond acceptors (Lipinski definition) is 12. The second-order valence-electron chi connectivity index (χ2n) is 17.5. The molecule has 8 rings (SSSR count). The van der Waals surface area contributed by atoms with E-state index in [4.69, 9.17) is 9.72 Å². The first-order chi connectivity index (χ1) is 31.1. The monoisotopic (exact) mass is 973 g/mol. The molecule has 0 saturated carbocycles. The van der Waals surface area contributed by atoms with Crippen LogP contribution in [0.15, 0.2) is 64.1 Å². The van der Waals surface area contributed by atoms with Crippen molar-refractivity contribution in [3.63, 3.8) is 0 Å². The maximum Gasteiger partial charge on any atom is 0.258 e. The summed E-state index contributed by atoms with van der Waals surface area (Å²) in [5.74, 6) is -2.10. The second-order valence-corrected chi connectivity index (χ2v) is 21.5. The summed E-state index contributed by atoms with van der Waals surface area (Å²) in [6, 6.07) is 12.6. The molecule has 344 valence electrons. The lowest BCUT2D eigenvalue weighted by Gasteiger charge is -2.43. The van der Waals surface area contributed by atoms with Gasteiger partial charge in [0.1, 0.15) is 30.3 Å². The Morgan fingerprint density at radius 3 is 2.31 bits per heavy atom. The van der Waals surface area contributed by atoms with Crippen molar-refractivity contribution < 1.29 is 27.7 Å². The molecule has 5 heterocycles. The van der Waals surface area contributed by atoms with E-state index in [0.717, 1.165) is 75.5 Å². The summed E-state index contributed by atoms with van der Waals surface area (Å²) >= 11 is 3.58. The number of carbonyl (C=O) groups excluding carboxylic acids is 2. The number of aromatic nitrogens is 3. The number of halogens is 3. The molecule has 0 aliphatic carbocycles. The molecule has 2 amide bonds. The summed E-state index contributed by atoms with van der Waals surface area (Å²) in [6.45, 7) is 11.6. The van der Waals surface area contributed by atoms with Crippen LogP contribution in [-0.4, -0.2) is 108 Å². The van der Waals surface area contributed by atoms with Crippen molar-refractivity contribution in [2.45, 2.75) is 57.4 Å². The molecular weight excluding hydrogens is 919 g/mol. The molecule has 3 aromatic carbocycles. The molecule has 1 atom stereocenters. The lowest BCUT2D eigenvalue weighted by Crippen LogP contribution is -2.53. The summed E-state index contributed by atoms with van der Waals surface area (Å²) in [6.07, 6.45) is 6.83. The van der Waals surface area contributed by atoms with E-state index in [1.165, 1.54) is 16.7 Å². The van der Waals surface area contributed by atoms with Crippen molar-refractivity contribution in [2.75, 3.05) is 81.8 Å². The van der Waals surface area contributed by atoms with E-state index in [0.29, 0.717) is 68.3 Å². The Kier molecular flexibility index (Phi) is 13.8. The number of piperidine rings is 2. The zero-order valence-corrected chi connectivity index (χ0v) is 39.8. The Morgan fingerprint density at radius 1 is 0.923 bits per heavy atom. The van der Waals surface area contributed by atoms with Gasteiger partial charge in [-0.25, -0.2) is 13.8 Å². The predicted molar refractivity (Wildman–Crippen MR) is 255 cm³/mol. The van der Waals surface area contributed by atoms with E-state index in [1.807, 2.05) is 6.07 Å². The number of imide groups is 1. The summed E-state index contributed by atoms with van der Waals surface area (Å²) < 4.78 is 51.9. The molecule has 14 nitrogen and oxygen atoms in total. The van der Waals surface area contributed by atoms with Crippen molar-refractivity contribution in [1.82, 2.24) is 29.7 Å². The maximum atomic E-state index is 15.1. The fraction of sp³-hybridized carbons (Fsp3) is 0.426. The minimum Gasteiger partial charge on any atom is -0.494 e. The number of ether oxygens (including phenoxy) is 1. The predicted octanol–water partition coefficient (Wildman–Crippen LogP) is 7.02. The van der Waals surface area contributed by atoms with Crippen LogP contribution >= 0.6 is 23.1 Å². The SMILES string of the molecule is CCc1cc(Nc2ncc(Br)c(Nc3ccc4c(=O)n(C)ccc4c3P(C)(C)=O)n2)c(OC)cc1N1CCC(N2CCN(CCc3cc(F)c(C4CCC(=O)NC4=O)c(F)c3)CC2)CC1. The standard InChI is InChI=1S/C47H55BrF2N9O5P/c1-6-29-25-38(53-47-51-27-34(48)44(55-47)52-37-9-7-32-31(43(37)65(4,5)63)14-15-56(2)46(32)62)40(64-3)26-39(29)59-17-12-30(13-18-59)58-21-19-57(20-22-58)16-11-28-23-35(49)42(36(50)24-28)33-8-10-41(60)54-45(33)61/h7,9,14-15,23-27,30,33H,6,8,10-13,16-22H2,1-5H3,(H,54,60,61)(H2,51,52,53,55). The third kappa shape index (κ3) is 9.98. The number of piperazine rings is 1. The van der Waals surface area contributed by atoms with Gasteiger partial charge in [-0.15, -0.1) is 0 Å². The number of amides is 2. The van der Waals surface area contributed by atoms with Gasteiger partial charge >= 0.3 is 0 Å². The highest BCUT2D eigenvalue weighted by Gasteiger charge is 2.33. The Labute approximate surface area is 385 Å². The molecule has 18 heteroatoms. The number of benzene rings is 3. The zero-order valence-electron chi connectivity index (χ0n) is 37.3. The van der Waals surface area contributed by atoms with Crippen LogP contribution in [-0.2, 0) is 34.0 Å². The maximum absolute atomic E-state index is 15.1. The van der Waals surface area contributed by atoms with Crippen LogP contribution in [0.25, 0.3) is 10.8 Å². The lowest BCUT2D eigenvalue weighted by molar-refractivity contribution is -0.134. The van der Waals surface area contributed by atoms with Crippen LogP contribution in [0, 0.1) is 11.6 Å². The highest BCUT2D eigenvalue weighted by molar-refractivity contribution is 9.10.